The van der Waals surface area contributed by atoms with Crippen LogP contribution in [0.3, 0.4) is 0 Å². The van der Waals surface area contributed by atoms with Crippen LogP contribution in [-0.4, -0.2) is 26.4 Å². The Bertz CT molecular complexity index is 1320. The molecule has 160 valence electrons. The van der Waals surface area contributed by atoms with Crippen LogP contribution in [0.1, 0.15) is 29.5 Å². The van der Waals surface area contributed by atoms with Gasteiger partial charge < -0.3 is 15.3 Å². The number of nitrogens with one attached hydrogen (secondary N) is 1. The largest absolute Gasteiger partial charge is 0.465 e. The van der Waals surface area contributed by atoms with Gasteiger partial charge in [0.05, 0.1) is 11.6 Å². The molecular weight excluding hydrogens is 430 g/mol. The number of pyridine rings is 1. The molecular formula is C23H18ClN5O3. The highest BCUT2D eigenvalue weighted by atomic mass is 35.5. The Morgan fingerprint density at radius 3 is 2.72 bits per heavy atom. The maximum absolute atomic E-state index is 10.7. The van der Waals surface area contributed by atoms with Crippen LogP contribution in [0.2, 0.25) is 5.02 Å². The van der Waals surface area contributed by atoms with Crippen molar-refractivity contribution < 1.29 is 14.3 Å². The monoisotopic (exact) mass is 447 g/mol. The number of rotatable bonds is 4. The lowest BCUT2D eigenvalue weighted by Gasteiger charge is -2.10. The van der Waals surface area contributed by atoms with E-state index in [4.69, 9.17) is 31.8 Å². The SMILES string of the molecule is Nc1ccc(Cl)cc1-c1cnc2c(c1)CCC2c1nnc(-c2ccc(NC(=O)O)cc2)o1. The first kappa shape index (κ1) is 20.0. The molecule has 0 fully saturated rings. The Balaban J connectivity index is 1.40. The molecule has 2 aromatic heterocycles. The third-order valence-electron chi connectivity index (χ3n) is 5.48. The average Bonchev–Trinajstić information content (AvgIpc) is 3.42. The van der Waals surface area contributed by atoms with E-state index in [1.54, 1.807) is 42.6 Å². The molecule has 0 saturated heterocycles. The van der Waals surface area contributed by atoms with Gasteiger partial charge in [-0.05, 0) is 66.9 Å². The van der Waals surface area contributed by atoms with Gasteiger partial charge in [0.25, 0.3) is 0 Å². The molecule has 5 rings (SSSR count). The third-order valence-corrected chi connectivity index (χ3v) is 5.72. The maximum atomic E-state index is 10.7. The summed E-state index contributed by atoms with van der Waals surface area (Å²) in [5.74, 6) is 0.803. The molecule has 0 radical (unpaired) electrons. The van der Waals surface area contributed by atoms with Gasteiger partial charge in [-0.25, -0.2) is 4.79 Å². The highest BCUT2D eigenvalue weighted by Crippen LogP contribution is 2.39. The molecule has 0 bridgehead atoms. The van der Waals surface area contributed by atoms with Crippen LogP contribution in [0.15, 0.2) is 59.1 Å². The van der Waals surface area contributed by atoms with Gasteiger partial charge in [-0.1, -0.05) is 11.6 Å². The van der Waals surface area contributed by atoms with E-state index >= 15 is 0 Å². The Morgan fingerprint density at radius 1 is 1.12 bits per heavy atom. The average molecular weight is 448 g/mol. The van der Waals surface area contributed by atoms with E-state index in [-0.39, 0.29) is 5.92 Å². The van der Waals surface area contributed by atoms with E-state index in [0.29, 0.717) is 33.7 Å². The van der Waals surface area contributed by atoms with Gasteiger partial charge in [0.1, 0.15) is 0 Å². The summed E-state index contributed by atoms with van der Waals surface area (Å²) in [6, 6.07) is 14.2. The molecule has 1 unspecified atom stereocenters. The van der Waals surface area contributed by atoms with Crippen molar-refractivity contribution in [2.45, 2.75) is 18.8 Å². The zero-order chi connectivity index (χ0) is 22.2. The summed E-state index contributed by atoms with van der Waals surface area (Å²) in [5.41, 5.74) is 11.8. The van der Waals surface area contributed by atoms with Gasteiger partial charge in [0.15, 0.2) is 0 Å². The number of carboxylic acid groups (broad SMARTS) is 1. The number of benzene rings is 2. The van der Waals surface area contributed by atoms with E-state index in [1.807, 2.05) is 6.07 Å². The molecule has 1 atom stereocenters. The van der Waals surface area contributed by atoms with E-state index in [9.17, 15) is 4.79 Å². The number of anilines is 2. The molecule has 32 heavy (non-hydrogen) atoms. The standard InChI is InChI=1S/C23H18ClN5O3/c24-15-4-8-19(25)18(10-15)14-9-13-3-7-17(20(13)26-11-14)22-29-28-21(32-22)12-1-5-16(6-2-12)27-23(30)31/h1-2,4-6,8-11,17,27H,3,7,25H2,(H,30,31). The van der Waals surface area contributed by atoms with Crippen molar-refractivity contribution >= 4 is 29.1 Å². The van der Waals surface area contributed by atoms with Crippen molar-refractivity contribution in [2.75, 3.05) is 11.1 Å². The zero-order valence-electron chi connectivity index (χ0n) is 16.7. The fourth-order valence-corrected chi connectivity index (χ4v) is 4.12. The Kier molecular flexibility index (Phi) is 4.99. The molecule has 8 nitrogen and oxygen atoms in total. The fraction of sp³-hybridized carbons (Fsp3) is 0.130. The van der Waals surface area contributed by atoms with E-state index in [1.165, 1.54) is 0 Å². The van der Waals surface area contributed by atoms with E-state index in [0.717, 1.165) is 35.2 Å². The molecule has 0 spiro atoms. The summed E-state index contributed by atoms with van der Waals surface area (Å²) in [4.78, 5) is 15.4. The Labute approximate surface area is 188 Å². The van der Waals surface area contributed by atoms with Crippen LogP contribution in [0.25, 0.3) is 22.6 Å². The molecule has 0 aliphatic heterocycles. The molecule has 1 amide bonds. The molecule has 4 N–H and O–H groups in total. The number of hydrogen-bond donors (Lipinski definition) is 3. The van der Waals surface area contributed by atoms with Gasteiger partial charge in [0.2, 0.25) is 11.8 Å². The summed E-state index contributed by atoms with van der Waals surface area (Å²) < 4.78 is 5.94. The normalized spacial score (nSPS) is 14.8. The molecule has 1 aliphatic carbocycles. The van der Waals surface area contributed by atoms with Crippen molar-refractivity contribution in [2.24, 2.45) is 0 Å². The van der Waals surface area contributed by atoms with Crippen LogP contribution >= 0.6 is 11.6 Å². The number of nitrogens with two attached hydrogens (primary N) is 1. The molecule has 2 heterocycles. The number of amides is 1. The second-order valence-electron chi connectivity index (χ2n) is 7.54. The molecule has 4 aromatic rings. The van der Waals surface area contributed by atoms with Crippen molar-refractivity contribution in [3.8, 4) is 22.6 Å². The first-order chi connectivity index (χ1) is 15.5. The van der Waals surface area contributed by atoms with Crippen molar-refractivity contribution in [3.63, 3.8) is 0 Å². The minimum atomic E-state index is -1.12. The van der Waals surface area contributed by atoms with Crippen LogP contribution in [0.4, 0.5) is 16.2 Å². The van der Waals surface area contributed by atoms with Crippen LogP contribution < -0.4 is 11.1 Å². The maximum Gasteiger partial charge on any atom is 0.409 e. The lowest BCUT2D eigenvalue weighted by Crippen LogP contribution is -2.06. The first-order valence-corrected chi connectivity index (χ1v) is 10.3. The Hall–Kier alpha value is -3.91. The van der Waals surface area contributed by atoms with Crippen molar-refractivity contribution in [1.29, 1.82) is 0 Å². The predicted octanol–water partition coefficient (Wildman–Crippen LogP) is 5.20. The summed E-state index contributed by atoms with van der Waals surface area (Å²) >= 11 is 6.14. The van der Waals surface area contributed by atoms with Gasteiger partial charge in [0, 0.05) is 39.3 Å². The van der Waals surface area contributed by atoms with E-state index in [2.05, 4.69) is 21.6 Å². The van der Waals surface area contributed by atoms with Gasteiger partial charge in [-0.2, -0.15) is 0 Å². The minimum Gasteiger partial charge on any atom is -0.465 e. The van der Waals surface area contributed by atoms with Gasteiger partial charge in [-0.3, -0.25) is 10.3 Å². The molecule has 1 aliphatic rings. The Morgan fingerprint density at radius 2 is 1.94 bits per heavy atom. The van der Waals surface area contributed by atoms with Crippen LogP contribution in [0, 0.1) is 0 Å². The molecule has 0 saturated carbocycles. The summed E-state index contributed by atoms with van der Waals surface area (Å²) in [7, 11) is 0. The second kappa shape index (κ2) is 7.97. The lowest BCUT2D eigenvalue weighted by atomic mass is 10.0. The second-order valence-corrected chi connectivity index (χ2v) is 7.98. The number of fused-ring (bicyclic) bond motifs is 1. The minimum absolute atomic E-state index is 0.0787. The summed E-state index contributed by atoms with van der Waals surface area (Å²) in [6.07, 6.45) is 2.34. The lowest BCUT2D eigenvalue weighted by molar-refractivity contribution is 0.210. The topological polar surface area (TPSA) is 127 Å². The number of carbonyl (C=O) groups is 1. The molecule has 2 aromatic carbocycles. The summed E-state index contributed by atoms with van der Waals surface area (Å²) in [5, 5.41) is 20.1. The zero-order valence-corrected chi connectivity index (χ0v) is 17.5. The number of nitrogen functional groups attached to an aromatic ring is 1. The van der Waals surface area contributed by atoms with Gasteiger partial charge >= 0.3 is 6.09 Å². The van der Waals surface area contributed by atoms with Crippen LogP contribution in [0.5, 0.6) is 0 Å². The smallest absolute Gasteiger partial charge is 0.409 e. The number of nitrogens with zero attached hydrogens (tertiary/aromatic N) is 3. The first-order valence-electron chi connectivity index (χ1n) is 9.96. The quantitative estimate of drug-likeness (QED) is 0.367. The number of aryl methyl sites for hydroxylation is 1. The fourth-order valence-electron chi connectivity index (χ4n) is 3.95. The predicted molar refractivity (Wildman–Crippen MR) is 121 cm³/mol. The van der Waals surface area contributed by atoms with Crippen LogP contribution in [-0.2, 0) is 6.42 Å². The molecule has 9 heteroatoms. The number of aromatic nitrogens is 3. The number of halogens is 1. The highest BCUT2D eigenvalue weighted by Gasteiger charge is 2.30. The summed E-state index contributed by atoms with van der Waals surface area (Å²) in [6.45, 7) is 0. The van der Waals surface area contributed by atoms with Gasteiger partial charge in [-0.15, -0.1) is 10.2 Å². The van der Waals surface area contributed by atoms with Crippen molar-refractivity contribution in [1.82, 2.24) is 15.2 Å². The third kappa shape index (κ3) is 3.76. The van der Waals surface area contributed by atoms with E-state index < -0.39 is 6.09 Å². The number of hydrogen-bond acceptors (Lipinski definition) is 6. The van der Waals surface area contributed by atoms with Crippen molar-refractivity contribution in [3.05, 3.63) is 76.9 Å². The highest BCUT2D eigenvalue weighted by molar-refractivity contribution is 6.31.